The van der Waals surface area contributed by atoms with E-state index in [2.05, 4.69) is 26.1 Å². The molecule has 1 N–H and O–H groups in total. The van der Waals surface area contributed by atoms with Gasteiger partial charge in [-0.1, -0.05) is 33.6 Å². The van der Waals surface area contributed by atoms with Gasteiger partial charge in [0.05, 0.1) is 10.7 Å². The zero-order valence-electron chi connectivity index (χ0n) is 13.1. The fourth-order valence-corrected chi connectivity index (χ4v) is 4.56. The van der Waals surface area contributed by atoms with Crippen molar-refractivity contribution < 1.29 is 0 Å². The maximum Gasteiger partial charge on any atom is 0.0962 e. The minimum absolute atomic E-state index is 0.558. The van der Waals surface area contributed by atoms with Gasteiger partial charge in [0.25, 0.3) is 0 Å². The smallest absolute Gasteiger partial charge is 0.0962 e. The van der Waals surface area contributed by atoms with Gasteiger partial charge in [-0.3, -0.25) is 0 Å². The first kappa shape index (κ1) is 14.5. The highest BCUT2D eigenvalue weighted by atomic mass is 32.1. The zero-order valence-corrected chi connectivity index (χ0v) is 13.9. The van der Waals surface area contributed by atoms with Gasteiger partial charge in [0, 0.05) is 29.3 Å². The Balaban J connectivity index is 1.75. The van der Waals surface area contributed by atoms with Crippen molar-refractivity contribution in [3.05, 3.63) is 15.6 Å². The van der Waals surface area contributed by atoms with Crippen molar-refractivity contribution in [1.82, 2.24) is 10.3 Å². The molecule has 1 aromatic rings. The number of hydrogen-bond donors (Lipinski definition) is 1. The Hall–Kier alpha value is -0.410. The molecule has 0 amide bonds. The number of thiazole rings is 1. The Bertz CT molecular complexity index is 448. The van der Waals surface area contributed by atoms with E-state index >= 15 is 0 Å². The fourth-order valence-electron chi connectivity index (χ4n) is 3.31. The van der Waals surface area contributed by atoms with Gasteiger partial charge in [0.15, 0.2) is 0 Å². The summed E-state index contributed by atoms with van der Waals surface area (Å²) in [6.07, 6.45) is 8.24. The van der Waals surface area contributed by atoms with Gasteiger partial charge in [-0.05, 0) is 31.6 Å². The minimum Gasteiger partial charge on any atom is -0.310 e. The lowest BCUT2D eigenvalue weighted by molar-refractivity contribution is 0.343. The van der Waals surface area contributed by atoms with E-state index in [1.165, 1.54) is 54.1 Å². The summed E-state index contributed by atoms with van der Waals surface area (Å²) in [6, 6.07) is 0.558. The van der Waals surface area contributed by atoms with E-state index in [1.807, 2.05) is 11.3 Å². The number of hydrogen-bond acceptors (Lipinski definition) is 3. The highest BCUT2D eigenvalue weighted by molar-refractivity contribution is 7.11. The van der Waals surface area contributed by atoms with Crippen LogP contribution in [-0.2, 0) is 6.54 Å². The van der Waals surface area contributed by atoms with Crippen LogP contribution in [-0.4, -0.2) is 11.0 Å². The largest absolute Gasteiger partial charge is 0.310 e. The summed E-state index contributed by atoms with van der Waals surface area (Å²) in [5.74, 6) is 2.42. The molecule has 2 nitrogen and oxygen atoms in total. The molecule has 1 aromatic heterocycles. The molecule has 20 heavy (non-hydrogen) atoms. The van der Waals surface area contributed by atoms with Gasteiger partial charge in [-0.25, -0.2) is 4.98 Å². The number of rotatable bonds is 5. The molecule has 0 saturated heterocycles. The van der Waals surface area contributed by atoms with Crippen LogP contribution in [0.25, 0.3) is 0 Å². The summed E-state index contributed by atoms with van der Waals surface area (Å²) in [6.45, 7) is 7.87. The fraction of sp³-hybridized carbons (Fsp3) is 0.824. The van der Waals surface area contributed by atoms with Crippen LogP contribution in [0.1, 0.15) is 86.7 Å². The van der Waals surface area contributed by atoms with E-state index in [0.717, 1.165) is 24.3 Å². The van der Waals surface area contributed by atoms with Crippen molar-refractivity contribution in [3.8, 4) is 0 Å². The second-order valence-electron chi connectivity index (χ2n) is 7.14. The first-order valence-electron chi connectivity index (χ1n) is 8.36. The number of nitrogens with one attached hydrogen (secondary N) is 1. The summed E-state index contributed by atoms with van der Waals surface area (Å²) >= 11 is 2.00. The van der Waals surface area contributed by atoms with Crippen LogP contribution in [0.3, 0.4) is 0 Å². The van der Waals surface area contributed by atoms with Crippen LogP contribution in [0.2, 0.25) is 0 Å². The van der Waals surface area contributed by atoms with Crippen LogP contribution in [0.4, 0.5) is 0 Å². The Morgan fingerprint density at radius 2 is 2.00 bits per heavy atom. The van der Waals surface area contributed by atoms with E-state index < -0.39 is 0 Å². The molecular formula is C17H28N2S. The van der Waals surface area contributed by atoms with Crippen molar-refractivity contribution in [2.45, 2.75) is 83.7 Å². The normalized spacial score (nSPS) is 27.2. The summed E-state index contributed by atoms with van der Waals surface area (Å²) < 4.78 is 0. The lowest BCUT2D eigenvalue weighted by Gasteiger charge is -2.24. The van der Waals surface area contributed by atoms with E-state index in [-0.39, 0.29) is 0 Å². The molecule has 2 aliphatic carbocycles. The van der Waals surface area contributed by atoms with E-state index in [9.17, 15) is 0 Å². The average Bonchev–Trinajstić information content (AvgIpc) is 3.16. The molecule has 0 bridgehead atoms. The van der Waals surface area contributed by atoms with Crippen LogP contribution in [0.15, 0.2) is 0 Å². The van der Waals surface area contributed by atoms with Crippen molar-refractivity contribution in [3.63, 3.8) is 0 Å². The van der Waals surface area contributed by atoms with Gasteiger partial charge in [-0.2, -0.15) is 0 Å². The summed E-state index contributed by atoms with van der Waals surface area (Å²) in [7, 11) is 0. The third-order valence-corrected chi connectivity index (χ3v) is 5.90. The molecule has 2 aliphatic rings. The molecule has 3 heteroatoms. The second kappa shape index (κ2) is 6.15. The summed E-state index contributed by atoms with van der Waals surface area (Å²) in [4.78, 5) is 6.61. The maximum absolute atomic E-state index is 5.09. The quantitative estimate of drug-likeness (QED) is 0.842. The summed E-state index contributed by atoms with van der Waals surface area (Å²) in [5, 5.41) is 5.02. The molecule has 112 valence electrons. The Morgan fingerprint density at radius 1 is 1.20 bits per heavy atom. The Morgan fingerprint density at radius 3 is 2.65 bits per heavy atom. The molecule has 2 fully saturated rings. The monoisotopic (exact) mass is 292 g/mol. The predicted molar refractivity (Wildman–Crippen MR) is 86.4 cm³/mol. The lowest BCUT2D eigenvalue weighted by Crippen LogP contribution is -2.21. The van der Waals surface area contributed by atoms with E-state index in [4.69, 9.17) is 4.98 Å². The van der Waals surface area contributed by atoms with Crippen LogP contribution in [0, 0.1) is 5.92 Å². The SMILES string of the molecule is CC1CCCC(c2nc(C3CC3)c(CNC(C)C)s2)C1. The zero-order chi connectivity index (χ0) is 14.1. The molecule has 2 atom stereocenters. The molecule has 2 unspecified atom stereocenters. The number of aromatic nitrogens is 1. The Kier molecular flexibility index (Phi) is 4.46. The molecular weight excluding hydrogens is 264 g/mol. The third-order valence-electron chi connectivity index (χ3n) is 4.66. The second-order valence-corrected chi connectivity index (χ2v) is 8.25. The van der Waals surface area contributed by atoms with Gasteiger partial charge >= 0.3 is 0 Å². The topological polar surface area (TPSA) is 24.9 Å². The third kappa shape index (κ3) is 3.43. The van der Waals surface area contributed by atoms with Gasteiger partial charge in [0.1, 0.15) is 0 Å². The van der Waals surface area contributed by atoms with Crippen molar-refractivity contribution in [2.75, 3.05) is 0 Å². The highest BCUT2D eigenvalue weighted by Gasteiger charge is 2.31. The van der Waals surface area contributed by atoms with Gasteiger partial charge < -0.3 is 5.32 Å². The minimum atomic E-state index is 0.558. The van der Waals surface area contributed by atoms with E-state index in [0.29, 0.717) is 6.04 Å². The first-order valence-corrected chi connectivity index (χ1v) is 9.18. The first-order chi connectivity index (χ1) is 9.63. The number of nitrogens with zero attached hydrogens (tertiary/aromatic N) is 1. The van der Waals surface area contributed by atoms with Crippen molar-refractivity contribution in [2.24, 2.45) is 5.92 Å². The molecule has 0 spiro atoms. The Labute approximate surface area is 127 Å². The van der Waals surface area contributed by atoms with E-state index in [1.54, 1.807) is 0 Å². The molecule has 2 saturated carbocycles. The molecule has 1 heterocycles. The standard InChI is InChI=1S/C17H28N2S/c1-11(2)18-10-15-16(13-7-8-13)19-17(20-15)14-6-4-5-12(3)9-14/h11-14,18H,4-10H2,1-3H3. The van der Waals surface area contributed by atoms with Crippen molar-refractivity contribution >= 4 is 11.3 Å². The van der Waals surface area contributed by atoms with Crippen LogP contribution >= 0.6 is 11.3 Å². The van der Waals surface area contributed by atoms with Gasteiger partial charge in [0.2, 0.25) is 0 Å². The van der Waals surface area contributed by atoms with Crippen LogP contribution in [0.5, 0.6) is 0 Å². The van der Waals surface area contributed by atoms with Crippen molar-refractivity contribution in [1.29, 1.82) is 0 Å². The molecule has 0 radical (unpaired) electrons. The molecule has 3 rings (SSSR count). The predicted octanol–water partition coefficient (Wildman–Crippen LogP) is 4.81. The average molecular weight is 292 g/mol. The maximum atomic E-state index is 5.09. The molecule has 0 aliphatic heterocycles. The lowest BCUT2D eigenvalue weighted by atomic mass is 9.83. The highest BCUT2D eigenvalue weighted by Crippen LogP contribution is 2.45. The molecule has 0 aromatic carbocycles. The van der Waals surface area contributed by atoms with Crippen LogP contribution < -0.4 is 5.32 Å². The van der Waals surface area contributed by atoms with Gasteiger partial charge in [-0.15, -0.1) is 11.3 Å². The summed E-state index contributed by atoms with van der Waals surface area (Å²) in [5.41, 5.74) is 1.44.